The second-order valence-corrected chi connectivity index (χ2v) is 7.82. The maximum atomic E-state index is 14.5. The third-order valence-electron chi connectivity index (χ3n) is 5.54. The Morgan fingerprint density at radius 3 is 2.59 bits per heavy atom. The molecule has 2 atom stereocenters. The third-order valence-corrected chi connectivity index (χ3v) is 5.90. The van der Waals surface area contributed by atoms with Crippen LogP contribution in [0.5, 0.6) is 0 Å². The van der Waals surface area contributed by atoms with Gasteiger partial charge in [-0.25, -0.2) is 4.39 Å². The van der Waals surface area contributed by atoms with Gasteiger partial charge in [-0.15, -0.1) is 0 Å². The number of aryl methyl sites for hydroxylation is 1. The number of para-hydroxylation sites is 1. The molecule has 1 N–H and O–H groups in total. The van der Waals surface area contributed by atoms with Crippen LogP contribution in [0, 0.1) is 19.7 Å². The van der Waals surface area contributed by atoms with Gasteiger partial charge in [0.15, 0.2) is 5.11 Å². The van der Waals surface area contributed by atoms with Crippen LogP contribution in [0.15, 0.2) is 54.7 Å². The van der Waals surface area contributed by atoms with Crippen LogP contribution in [0.4, 0.5) is 4.39 Å². The van der Waals surface area contributed by atoms with E-state index in [9.17, 15) is 4.39 Å². The molecule has 1 aromatic carbocycles. The smallest absolute Gasteiger partial charge is 0.170 e. The van der Waals surface area contributed by atoms with Gasteiger partial charge in [-0.3, -0.25) is 4.98 Å². The van der Waals surface area contributed by atoms with Gasteiger partial charge in [-0.2, -0.15) is 0 Å². The average Bonchev–Trinajstić information content (AvgIpc) is 3.19. The van der Waals surface area contributed by atoms with E-state index >= 15 is 0 Å². The molecule has 29 heavy (non-hydrogen) atoms. The Kier molecular flexibility index (Phi) is 5.37. The molecule has 2 aromatic heterocycles. The summed E-state index contributed by atoms with van der Waals surface area (Å²) in [5, 5.41) is 4.21. The summed E-state index contributed by atoms with van der Waals surface area (Å²) in [7, 11) is 0. The lowest BCUT2D eigenvalue weighted by Crippen LogP contribution is -2.30. The van der Waals surface area contributed by atoms with Crippen LogP contribution in [-0.2, 0) is 0 Å². The number of hydrogen-bond donors (Lipinski definition) is 1. The predicted molar refractivity (Wildman–Crippen MR) is 118 cm³/mol. The molecule has 1 aliphatic rings. The van der Waals surface area contributed by atoms with Crippen LogP contribution in [0.1, 0.15) is 48.1 Å². The van der Waals surface area contributed by atoms with E-state index in [-0.39, 0.29) is 17.9 Å². The Bertz CT molecular complexity index is 1030. The van der Waals surface area contributed by atoms with Gasteiger partial charge in [-0.05, 0) is 68.4 Å². The van der Waals surface area contributed by atoms with Crippen molar-refractivity contribution in [2.24, 2.45) is 0 Å². The fourth-order valence-electron chi connectivity index (χ4n) is 4.32. The lowest BCUT2D eigenvalue weighted by molar-refractivity contribution is 0.316. The van der Waals surface area contributed by atoms with Crippen molar-refractivity contribution in [1.29, 1.82) is 0 Å². The minimum absolute atomic E-state index is 0.00377. The van der Waals surface area contributed by atoms with Crippen molar-refractivity contribution < 1.29 is 4.39 Å². The summed E-state index contributed by atoms with van der Waals surface area (Å²) >= 11 is 5.68. The molecule has 0 bridgehead atoms. The molecule has 1 saturated heterocycles. The summed E-state index contributed by atoms with van der Waals surface area (Å²) in [4.78, 5) is 6.82. The van der Waals surface area contributed by atoms with Gasteiger partial charge >= 0.3 is 0 Å². The topological polar surface area (TPSA) is 33.1 Å². The van der Waals surface area contributed by atoms with Gasteiger partial charge in [0, 0.05) is 24.1 Å². The molecule has 0 unspecified atom stereocenters. The number of hydrogen-bond acceptors (Lipinski definition) is 2. The van der Waals surface area contributed by atoms with Crippen molar-refractivity contribution in [1.82, 2.24) is 19.8 Å². The van der Waals surface area contributed by atoms with Crippen molar-refractivity contribution in [2.45, 2.75) is 39.3 Å². The third kappa shape index (κ3) is 3.42. The van der Waals surface area contributed by atoms with Crippen LogP contribution in [0.25, 0.3) is 5.69 Å². The Morgan fingerprint density at radius 1 is 1.14 bits per heavy atom. The number of aromatic nitrogens is 2. The normalized spacial score (nSPS) is 18.9. The molecule has 0 amide bonds. The van der Waals surface area contributed by atoms with Gasteiger partial charge in [0.1, 0.15) is 5.82 Å². The Hall–Kier alpha value is -2.73. The highest BCUT2D eigenvalue weighted by molar-refractivity contribution is 7.80. The summed E-state index contributed by atoms with van der Waals surface area (Å²) < 4.78 is 16.5. The fourth-order valence-corrected chi connectivity index (χ4v) is 4.65. The van der Waals surface area contributed by atoms with E-state index in [1.54, 1.807) is 6.07 Å². The van der Waals surface area contributed by atoms with E-state index < -0.39 is 0 Å². The Balaban J connectivity index is 1.85. The second kappa shape index (κ2) is 7.95. The molecular formula is C23H25FN4S. The maximum absolute atomic E-state index is 14.5. The molecule has 3 heterocycles. The first-order valence-electron chi connectivity index (χ1n) is 9.94. The van der Waals surface area contributed by atoms with Gasteiger partial charge in [0.2, 0.25) is 0 Å². The Labute approximate surface area is 176 Å². The zero-order chi connectivity index (χ0) is 20.5. The van der Waals surface area contributed by atoms with E-state index in [0.717, 1.165) is 40.7 Å². The molecular weight excluding hydrogens is 383 g/mol. The van der Waals surface area contributed by atoms with Gasteiger partial charge in [-0.1, -0.05) is 25.1 Å². The molecule has 0 aliphatic carbocycles. The maximum Gasteiger partial charge on any atom is 0.170 e. The number of halogens is 1. The summed E-state index contributed by atoms with van der Waals surface area (Å²) in [6.45, 7) is 7.07. The highest BCUT2D eigenvalue weighted by Gasteiger charge is 2.41. The molecule has 1 aliphatic heterocycles. The monoisotopic (exact) mass is 408 g/mol. The quantitative estimate of drug-likeness (QED) is 0.602. The minimum atomic E-state index is -0.229. The van der Waals surface area contributed by atoms with E-state index in [0.29, 0.717) is 5.69 Å². The van der Waals surface area contributed by atoms with Crippen molar-refractivity contribution in [3.8, 4) is 5.69 Å². The van der Waals surface area contributed by atoms with Crippen molar-refractivity contribution in [3.63, 3.8) is 0 Å². The average molecular weight is 409 g/mol. The van der Waals surface area contributed by atoms with Gasteiger partial charge in [0.05, 0.1) is 23.5 Å². The molecule has 1 fully saturated rings. The van der Waals surface area contributed by atoms with Crippen LogP contribution < -0.4 is 5.32 Å². The zero-order valence-electron chi connectivity index (χ0n) is 16.9. The SMILES string of the molecule is CCCN1C(=S)N[C@H](c2ccccn2)[C@H]1c1cc(C)n(-c2ccccc2F)c1C. The number of thiocarbonyl (C=S) groups is 1. The molecule has 3 aromatic rings. The van der Waals surface area contributed by atoms with Gasteiger partial charge in [0.25, 0.3) is 0 Å². The van der Waals surface area contributed by atoms with Crippen LogP contribution in [0.2, 0.25) is 0 Å². The highest BCUT2D eigenvalue weighted by atomic mass is 32.1. The number of pyridine rings is 1. The van der Waals surface area contributed by atoms with Crippen molar-refractivity contribution >= 4 is 17.3 Å². The standard InChI is InChI=1S/C23H25FN4S/c1-4-13-27-22(21(26-23(27)29)19-10-7-8-12-25-19)17-14-15(2)28(16(17)3)20-11-6-5-9-18(20)24/h5-12,14,21-22H,4,13H2,1-3H3,(H,26,29)/t21-,22-/m1/s1. The fraction of sp³-hybridized carbons (Fsp3) is 0.304. The molecule has 6 heteroatoms. The van der Waals surface area contributed by atoms with Crippen LogP contribution >= 0.6 is 12.2 Å². The Morgan fingerprint density at radius 2 is 1.90 bits per heavy atom. The first-order valence-corrected chi connectivity index (χ1v) is 10.4. The highest BCUT2D eigenvalue weighted by Crippen LogP contribution is 2.41. The van der Waals surface area contributed by atoms with E-state index in [2.05, 4.69) is 35.1 Å². The van der Waals surface area contributed by atoms with E-state index in [4.69, 9.17) is 12.2 Å². The number of rotatable bonds is 5. The zero-order valence-corrected chi connectivity index (χ0v) is 17.7. The molecule has 0 spiro atoms. The summed E-state index contributed by atoms with van der Waals surface area (Å²) in [5.74, 6) is -0.229. The molecule has 4 rings (SSSR count). The molecule has 0 radical (unpaired) electrons. The first-order chi connectivity index (χ1) is 14.0. The number of nitrogens with zero attached hydrogens (tertiary/aromatic N) is 3. The molecule has 0 saturated carbocycles. The number of nitrogens with one attached hydrogen (secondary N) is 1. The van der Waals surface area contributed by atoms with Crippen LogP contribution in [0.3, 0.4) is 0 Å². The second-order valence-electron chi connectivity index (χ2n) is 7.43. The lowest BCUT2D eigenvalue weighted by atomic mass is 9.96. The van der Waals surface area contributed by atoms with Crippen molar-refractivity contribution in [3.05, 3.63) is 83.2 Å². The minimum Gasteiger partial charge on any atom is -0.352 e. The summed E-state index contributed by atoms with van der Waals surface area (Å²) in [6.07, 6.45) is 2.79. The lowest BCUT2D eigenvalue weighted by Gasteiger charge is -2.27. The van der Waals surface area contributed by atoms with Gasteiger partial charge < -0.3 is 14.8 Å². The van der Waals surface area contributed by atoms with E-state index in [1.165, 1.54) is 6.07 Å². The number of benzene rings is 1. The summed E-state index contributed by atoms with van der Waals surface area (Å²) in [5.41, 5.74) is 4.68. The van der Waals surface area contributed by atoms with E-state index in [1.807, 2.05) is 48.0 Å². The van der Waals surface area contributed by atoms with Crippen molar-refractivity contribution in [2.75, 3.05) is 6.54 Å². The molecule has 4 nitrogen and oxygen atoms in total. The largest absolute Gasteiger partial charge is 0.352 e. The predicted octanol–water partition coefficient (Wildman–Crippen LogP) is 5.01. The first kappa shape index (κ1) is 19.6. The summed E-state index contributed by atoms with van der Waals surface area (Å²) in [6, 6.07) is 14.9. The van der Waals surface area contributed by atoms with Crippen LogP contribution in [-0.4, -0.2) is 26.1 Å². The molecule has 150 valence electrons.